The first-order chi connectivity index (χ1) is 15.6. The summed E-state index contributed by atoms with van der Waals surface area (Å²) in [5, 5.41) is 28.7. The van der Waals surface area contributed by atoms with Gasteiger partial charge in [0.15, 0.2) is 6.23 Å². The Morgan fingerprint density at radius 1 is 1.00 bits per heavy atom. The Hall–Kier alpha value is -3.39. The molecule has 2 unspecified atom stereocenters. The molecule has 1 saturated heterocycles. The van der Waals surface area contributed by atoms with E-state index in [4.69, 9.17) is 4.74 Å². The Labute approximate surface area is 181 Å². The summed E-state index contributed by atoms with van der Waals surface area (Å²) >= 11 is 0. The van der Waals surface area contributed by atoms with Crippen LogP contribution >= 0.6 is 0 Å². The quantitative estimate of drug-likeness (QED) is 0.385. The zero-order valence-electron chi connectivity index (χ0n) is 17.0. The highest BCUT2D eigenvalue weighted by atomic mass is 16.6. The minimum Gasteiger partial charge on any atom is -0.393 e. The molecule has 7 heteroatoms. The van der Waals surface area contributed by atoms with Gasteiger partial charge in [-0.2, -0.15) is 0 Å². The highest BCUT2D eigenvalue weighted by Crippen LogP contribution is 2.54. The van der Waals surface area contributed by atoms with E-state index in [0.717, 1.165) is 54.7 Å². The number of aliphatic hydroxyl groups is 2. The van der Waals surface area contributed by atoms with Crippen molar-refractivity contribution in [1.29, 1.82) is 0 Å². The van der Waals surface area contributed by atoms with Crippen molar-refractivity contribution in [3.05, 3.63) is 59.7 Å². The largest absolute Gasteiger partial charge is 0.393 e. The van der Waals surface area contributed by atoms with Crippen LogP contribution in [0.2, 0.25) is 0 Å². The second-order valence-corrected chi connectivity index (χ2v) is 9.17. The summed E-state index contributed by atoms with van der Waals surface area (Å²) in [5.74, 6) is -0.0520. The molecule has 0 aliphatic carbocycles. The standard InChI is InChI=1S/C25H19N3O4/c29-11-25(31)9-17-27-15-7-3-2-6-13(15)19-20-14(10-26-23(20)30)18-12-5-1-4-8-16(12)28(24(25)32-17)21(18)22(19)27/h1-8,17,24,29,31H,9-11H2,(H,26,30)/t17?,24?,25-/m1/s1. The molecule has 1 fully saturated rings. The molecule has 7 nitrogen and oxygen atoms in total. The van der Waals surface area contributed by atoms with Gasteiger partial charge in [0.2, 0.25) is 0 Å². The maximum atomic E-state index is 13.1. The fourth-order valence-electron chi connectivity index (χ4n) is 6.38. The fraction of sp³-hybridized carbons (Fsp3) is 0.240. The third kappa shape index (κ3) is 1.69. The van der Waals surface area contributed by atoms with Crippen LogP contribution in [0.25, 0.3) is 43.6 Å². The molecule has 2 aromatic heterocycles. The van der Waals surface area contributed by atoms with Crippen LogP contribution < -0.4 is 5.32 Å². The number of amides is 1. The highest BCUT2D eigenvalue weighted by Gasteiger charge is 2.52. The monoisotopic (exact) mass is 425 g/mol. The number of ether oxygens (including phenoxy) is 1. The van der Waals surface area contributed by atoms with Crippen LogP contribution in [-0.4, -0.2) is 37.5 Å². The van der Waals surface area contributed by atoms with E-state index in [-0.39, 0.29) is 12.3 Å². The molecule has 5 aromatic rings. The van der Waals surface area contributed by atoms with E-state index in [1.807, 2.05) is 42.5 Å². The van der Waals surface area contributed by atoms with Crippen LogP contribution in [-0.2, 0) is 11.3 Å². The molecule has 3 aliphatic heterocycles. The number of nitrogens with one attached hydrogen (secondary N) is 1. The summed E-state index contributed by atoms with van der Waals surface area (Å²) in [6, 6.07) is 16.1. The number of hydrogen-bond acceptors (Lipinski definition) is 4. The van der Waals surface area contributed by atoms with Gasteiger partial charge < -0.3 is 29.4 Å². The van der Waals surface area contributed by atoms with Gasteiger partial charge in [0.05, 0.1) is 34.2 Å². The summed E-state index contributed by atoms with van der Waals surface area (Å²) in [6.45, 7) is 0.0676. The number of nitrogens with zero attached hydrogens (tertiary/aromatic N) is 2. The minimum absolute atomic E-state index is 0.0520. The topological polar surface area (TPSA) is 88.7 Å². The average Bonchev–Trinajstić information content (AvgIpc) is 3.51. The first-order valence-corrected chi connectivity index (χ1v) is 10.9. The van der Waals surface area contributed by atoms with Crippen molar-refractivity contribution < 1.29 is 19.7 Å². The SMILES string of the molecule is O=C1NCc2c1c1c3ccccc3n3c1c1c2c2ccccc2n1C1OC3C[C@@]1(O)CO. The Morgan fingerprint density at radius 3 is 2.41 bits per heavy atom. The molecule has 1 amide bonds. The first kappa shape index (κ1) is 17.2. The van der Waals surface area contributed by atoms with Crippen molar-refractivity contribution in [2.24, 2.45) is 0 Å². The lowest BCUT2D eigenvalue weighted by atomic mass is 9.96. The van der Waals surface area contributed by atoms with E-state index in [2.05, 4.69) is 20.5 Å². The molecule has 3 aliphatic rings. The van der Waals surface area contributed by atoms with Crippen molar-refractivity contribution in [2.45, 2.75) is 31.0 Å². The lowest BCUT2D eigenvalue weighted by Crippen LogP contribution is -2.39. The number of aliphatic hydroxyl groups excluding tert-OH is 1. The van der Waals surface area contributed by atoms with Crippen LogP contribution in [0.1, 0.15) is 34.8 Å². The molecular weight excluding hydrogens is 406 g/mol. The Kier molecular flexibility index (Phi) is 2.86. The number of para-hydroxylation sites is 2. The molecule has 3 atom stereocenters. The first-order valence-electron chi connectivity index (χ1n) is 10.9. The van der Waals surface area contributed by atoms with Crippen LogP contribution in [0, 0.1) is 0 Å². The summed E-state index contributed by atoms with van der Waals surface area (Å²) in [7, 11) is 0. The number of carbonyl (C=O) groups is 1. The second kappa shape index (κ2) is 5.32. The maximum absolute atomic E-state index is 13.1. The van der Waals surface area contributed by atoms with Gasteiger partial charge in [0, 0.05) is 34.5 Å². The van der Waals surface area contributed by atoms with Crippen molar-refractivity contribution >= 4 is 49.5 Å². The fourth-order valence-corrected chi connectivity index (χ4v) is 6.38. The lowest BCUT2D eigenvalue weighted by molar-refractivity contribution is -0.113. The van der Waals surface area contributed by atoms with Crippen molar-refractivity contribution in [1.82, 2.24) is 14.5 Å². The summed E-state index contributed by atoms with van der Waals surface area (Å²) in [6.07, 6.45) is -0.924. The molecule has 0 spiro atoms. The van der Waals surface area contributed by atoms with E-state index < -0.39 is 24.7 Å². The van der Waals surface area contributed by atoms with Crippen molar-refractivity contribution in [2.75, 3.05) is 6.61 Å². The van der Waals surface area contributed by atoms with Gasteiger partial charge in [-0.25, -0.2) is 0 Å². The van der Waals surface area contributed by atoms with E-state index in [0.29, 0.717) is 6.54 Å². The van der Waals surface area contributed by atoms with E-state index in [1.54, 1.807) is 0 Å². The van der Waals surface area contributed by atoms with E-state index in [9.17, 15) is 15.0 Å². The number of carbonyl (C=O) groups excluding carboxylic acids is 1. The van der Waals surface area contributed by atoms with Gasteiger partial charge >= 0.3 is 0 Å². The van der Waals surface area contributed by atoms with Gasteiger partial charge in [-0.1, -0.05) is 36.4 Å². The molecule has 0 saturated carbocycles. The molecule has 8 rings (SSSR count). The van der Waals surface area contributed by atoms with Gasteiger partial charge in [0.25, 0.3) is 5.91 Å². The third-order valence-electron chi connectivity index (χ3n) is 7.62. The minimum atomic E-state index is -1.41. The van der Waals surface area contributed by atoms with Crippen LogP contribution in [0.4, 0.5) is 0 Å². The molecule has 32 heavy (non-hydrogen) atoms. The Balaban J connectivity index is 1.76. The van der Waals surface area contributed by atoms with Crippen molar-refractivity contribution in [3.8, 4) is 0 Å². The highest BCUT2D eigenvalue weighted by molar-refractivity contribution is 6.30. The Bertz CT molecular complexity index is 1680. The van der Waals surface area contributed by atoms with Gasteiger partial charge in [-0.3, -0.25) is 4.79 Å². The number of hydrogen-bond donors (Lipinski definition) is 3. The van der Waals surface area contributed by atoms with Crippen LogP contribution in [0.5, 0.6) is 0 Å². The van der Waals surface area contributed by atoms with Gasteiger partial charge in [-0.05, 0) is 17.7 Å². The molecule has 3 N–H and O–H groups in total. The number of benzene rings is 3. The second-order valence-electron chi connectivity index (χ2n) is 9.17. The zero-order valence-corrected chi connectivity index (χ0v) is 17.0. The van der Waals surface area contributed by atoms with Crippen molar-refractivity contribution in [3.63, 3.8) is 0 Å². The smallest absolute Gasteiger partial charge is 0.252 e. The number of fused-ring (bicyclic) bond motifs is 13. The summed E-state index contributed by atoms with van der Waals surface area (Å²) in [4.78, 5) is 13.1. The molecule has 0 radical (unpaired) electrons. The van der Waals surface area contributed by atoms with Crippen LogP contribution in [0.3, 0.4) is 0 Å². The van der Waals surface area contributed by atoms with Crippen LogP contribution in [0.15, 0.2) is 48.5 Å². The van der Waals surface area contributed by atoms with Gasteiger partial charge in [-0.15, -0.1) is 0 Å². The Morgan fingerprint density at radius 2 is 1.66 bits per heavy atom. The normalized spacial score (nSPS) is 26.0. The number of rotatable bonds is 1. The molecular formula is C25H19N3O4. The molecule has 2 bridgehead atoms. The zero-order chi connectivity index (χ0) is 21.4. The summed E-state index contributed by atoms with van der Waals surface area (Å²) < 4.78 is 10.7. The van der Waals surface area contributed by atoms with Gasteiger partial charge in [0.1, 0.15) is 11.8 Å². The third-order valence-corrected chi connectivity index (χ3v) is 7.62. The summed E-state index contributed by atoms with van der Waals surface area (Å²) in [5.41, 5.74) is 4.10. The van der Waals surface area contributed by atoms with E-state index >= 15 is 0 Å². The predicted molar refractivity (Wildman–Crippen MR) is 119 cm³/mol. The predicted octanol–water partition coefficient (Wildman–Crippen LogP) is 3.30. The molecule has 158 valence electrons. The number of aromatic nitrogens is 2. The maximum Gasteiger partial charge on any atom is 0.252 e. The lowest BCUT2D eigenvalue weighted by Gasteiger charge is -2.28. The van der Waals surface area contributed by atoms with E-state index in [1.165, 1.54) is 0 Å². The molecule has 3 aromatic carbocycles. The molecule has 5 heterocycles. The average molecular weight is 425 g/mol.